The highest BCUT2D eigenvalue weighted by molar-refractivity contribution is 5.91. The van der Waals surface area contributed by atoms with Crippen molar-refractivity contribution in [3.05, 3.63) is 23.4 Å². The summed E-state index contributed by atoms with van der Waals surface area (Å²) in [6.45, 7) is 1.97. The van der Waals surface area contributed by atoms with Gasteiger partial charge in [-0.15, -0.1) is 10.2 Å². The van der Waals surface area contributed by atoms with E-state index in [1.807, 2.05) is 6.92 Å². The Labute approximate surface area is 183 Å². The third kappa shape index (κ3) is 4.49. The average molecular weight is 453 g/mol. The second-order valence-corrected chi connectivity index (χ2v) is 8.81. The zero-order valence-electron chi connectivity index (χ0n) is 18.1. The third-order valence-electron chi connectivity index (χ3n) is 6.35. The molecular formula is C20H26F3N7O2. The van der Waals surface area contributed by atoms with Gasteiger partial charge in [0.1, 0.15) is 5.82 Å². The van der Waals surface area contributed by atoms with Crippen LogP contribution in [0.2, 0.25) is 0 Å². The maximum absolute atomic E-state index is 13.1. The van der Waals surface area contributed by atoms with Crippen LogP contribution in [0.1, 0.15) is 55.9 Å². The van der Waals surface area contributed by atoms with Crippen molar-refractivity contribution >= 4 is 17.6 Å². The molecule has 3 heterocycles. The minimum Gasteiger partial charge on any atom is -0.333 e. The first-order valence-electron chi connectivity index (χ1n) is 10.6. The molecule has 1 saturated carbocycles. The number of carbonyl (C=O) groups is 2. The highest BCUT2D eigenvalue weighted by Gasteiger charge is 2.42. The van der Waals surface area contributed by atoms with Crippen molar-refractivity contribution in [1.82, 2.24) is 29.4 Å². The molecule has 9 nitrogen and oxygen atoms in total. The first-order valence-corrected chi connectivity index (χ1v) is 10.6. The van der Waals surface area contributed by atoms with Crippen LogP contribution in [-0.2, 0) is 35.9 Å². The molecule has 1 fully saturated rings. The molecule has 0 radical (unpaired) electrons. The number of carbonyl (C=O) groups excluding carboxylic acids is 2. The normalized spacial score (nSPS) is 18.0. The lowest BCUT2D eigenvalue weighted by atomic mass is 9.78. The summed E-state index contributed by atoms with van der Waals surface area (Å²) >= 11 is 0. The van der Waals surface area contributed by atoms with E-state index in [0.29, 0.717) is 5.82 Å². The molecule has 0 aromatic carbocycles. The summed E-state index contributed by atoms with van der Waals surface area (Å²) in [5.41, 5.74) is 0.344. The van der Waals surface area contributed by atoms with Crippen molar-refractivity contribution in [3.8, 4) is 0 Å². The van der Waals surface area contributed by atoms with Gasteiger partial charge in [0, 0.05) is 39.0 Å². The maximum Gasteiger partial charge on any atom is 0.451 e. The number of hydrogen-bond donors (Lipinski definition) is 1. The standard InChI is InChI=1S/C20H26F3N7O2/c1-13-9-14(28(2)27-13)24-16(31)10-19(5-3-4-6-19)11-17(32)29-7-8-30-15(12-29)25-26-18(30)20(21,22)23/h9H,3-8,10-12H2,1-2H3,(H,24,31). The molecule has 0 unspecified atom stereocenters. The Kier molecular flexibility index (Phi) is 5.72. The second kappa shape index (κ2) is 8.21. The van der Waals surface area contributed by atoms with Crippen LogP contribution >= 0.6 is 0 Å². The van der Waals surface area contributed by atoms with E-state index >= 15 is 0 Å². The molecule has 0 atom stereocenters. The Balaban J connectivity index is 1.42. The molecule has 2 aromatic rings. The van der Waals surface area contributed by atoms with Crippen molar-refractivity contribution < 1.29 is 22.8 Å². The SMILES string of the molecule is Cc1cc(NC(=O)CC2(CC(=O)N3CCn4c(nnc4C(F)(F)F)C3)CCCC2)n(C)n1. The number of alkyl halides is 3. The van der Waals surface area contributed by atoms with Gasteiger partial charge < -0.3 is 14.8 Å². The monoisotopic (exact) mass is 453 g/mol. The summed E-state index contributed by atoms with van der Waals surface area (Å²) in [5, 5.41) is 14.0. The van der Waals surface area contributed by atoms with Gasteiger partial charge in [-0.05, 0) is 25.2 Å². The summed E-state index contributed by atoms with van der Waals surface area (Å²) in [5.74, 6) is -0.645. The highest BCUT2D eigenvalue weighted by atomic mass is 19.4. The molecule has 0 bridgehead atoms. The fourth-order valence-corrected chi connectivity index (χ4v) is 4.81. The lowest BCUT2D eigenvalue weighted by molar-refractivity contribution is -0.148. The predicted octanol–water partition coefficient (Wildman–Crippen LogP) is 2.66. The van der Waals surface area contributed by atoms with Crippen molar-refractivity contribution in [3.63, 3.8) is 0 Å². The first-order chi connectivity index (χ1) is 15.1. The van der Waals surface area contributed by atoms with Gasteiger partial charge in [-0.2, -0.15) is 18.3 Å². The smallest absolute Gasteiger partial charge is 0.333 e. The van der Waals surface area contributed by atoms with E-state index in [9.17, 15) is 22.8 Å². The van der Waals surface area contributed by atoms with Gasteiger partial charge in [0.15, 0.2) is 5.82 Å². The molecule has 174 valence electrons. The summed E-state index contributed by atoms with van der Waals surface area (Å²) in [4.78, 5) is 27.3. The number of hydrogen-bond acceptors (Lipinski definition) is 5. The summed E-state index contributed by atoms with van der Waals surface area (Å²) in [6, 6.07) is 1.78. The number of amides is 2. The van der Waals surface area contributed by atoms with Gasteiger partial charge in [0.25, 0.3) is 0 Å². The summed E-state index contributed by atoms with van der Waals surface area (Å²) in [7, 11) is 1.75. The minimum atomic E-state index is -4.58. The molecule has 0 saturated heterocycles. The van der Waals surface area contributed by atoms with E-state index in [1.165, 1.54) is 4.90 Å². The number of nitrogens with zero attached hydrogens (tertiary/aromatic N) is 6. The number of rotatable bonds is 5. The Morgan fingerprint density at radius 3 is 2.50 bits per heavy atom. The van der Waals surface area contributed by atoms with E-state index in [1.54, 1.807) is 17.8 Å². The van der Waals surface area contributed by atoms with Gasteiger partial charge >= 0.3 is 6.18 Å². The molecular weight excluding hydrogens is 427 g/mol. The van der Waals surface area contributed by atoms with Gasteiger partial charge in [0.05, 0.1) is 12.2 Å². The lowest BCUT2D eigenvalue weighted by Crippen LogP contribution is -2.41. The third-order valence-corrected chi connectivity index (χ3v) is 6.35. The van der Waals surface area contributed by atoms with Crippen LogP contribution in [0.25, 0.3) is 0 Å². The largest absolute Gasteiger partial charge is 0.451 e. The number of fused-ring (bicyclic) bond motifs is 1. The molecule has 32 heavy (non-hydrogen) atoms. The fraction of sp³-hybridized carbons (Fsp3) is 0.650. The molecule has 2 aromatic heterocycles. The van der Waals surface area contributed by atoms with Gasteiger partial charge in [0.2, 0.25) is 17.6 Å². The number of aryl methyl sites for hydroxylation is 2. The topological polar surface area (TPSA) is 97.9 Å². The van der Waals surface area contributed by atoms with Crippen LogP contribution in [0.4, 0.5) is 19.0 Å². The molecule has 0 spiro atoms. The number of nitrogens with one attached hydrogen (secondary N) is 1. The second-order valence-electron chi connectivity index (χ2n) is 8.81. The van der Waals surface area contributed by atoms with E-state index in [2.05, 4.69) is 20.6 Å². The average Bonchev–Trinajstić information content (AvgIpc) is 3.40. The van der Waals surface area contributed by atoms with Crippen LogP contribution in [0, 0.1) is 12.3 Å². The Bertz CT molecular complexity index is 1020. The Morgan fingerprint density at radius 2 is 1.88 bits per heavy atom. The lowest BCUT2D eigenvalue weighted by Gasteiger charge is -2.33. The zero-order valence-corrected chi connectivity index (χ0v) is 18.1. The van der Waals surface area contributed by atoms with E-state index in [0.717, 1.165) is 35.9 Å². The molecule has 12 heteroatoms. The molecule has 1 aliphatic heterocycles. The molecule has 2 amide bonds. The molecule has 2 aliphatic rings. The first kappa shape index (κ1) is 22.3. The van der Waals surface area contributed by atoms with Crippen molar-refractivity contribution in [2.75, 3.05) is 11.9 Å². The van der Waals surface area contributed by atoms with Crippen LogP contribution in [0.15, 0.2) is 6.07 Å². The summed E-state index contributed by atoms with van der Waals surface area (Å²) < 4.78 is 41.8. The van der Waals surface area contributed by atoms with Gasteiger partial charge in [-0.1, -0.05) is 12.8 Å². The quantitative estimate of drug-likeness (QED) is 0.751. The van der Waals surface area contributed by atoms with Crippen LogP contribution in [-0.4, -0.2) is 47.8 Å². The number of anilines is 1. The zero-order chi connectivity index (χ0) is 23.1. The van der Waals surface area contributed by atoms with Crippen molar-refractivity contribution in [1.29, 1.82) is 0 Å². The molecule has 4 rings (SSSR count). The minimum absolute atomic E-state index is 0.00373. The van der Waals surface area contributed by atoms with E-state index < -0.39 is 17.4 Å². The Morgan fingerprint density at radius 1 is 1.16 bits per heavy atom. The number of aromatic nitrogens is 5. The van der Waals surface area contributed by atoms with Crippen LogP contribution in [0.3, 0.4) is 0 Å². The highest BCUT2D eigenvalue weighted by Crippen LogP contribution is 2.45. The number of halogens is 3. The molecule has 1 N–H and O–H groups in total. The van der Waals surface area contributed by atoms with Crippen molar-refractivity contribution in [2.45, 2.75) is 64.7 Å². The Hall–Kier alpha value is -2.92. The predicted molar refractivity (Wildman–Crippen MR) is 107 cm³/mol. The molecule has 1 aliphatic carbocycles. The van der Waals surface area contributed by atoms with Gasteiger partial charge in [-0.25, -0.2) is 0 Å². The van der Waals surface area contributed by atoms with E-state index in [4.69, 9.17) is 0 Å². The summed E-state index contributed by atoms with van der Waals surface area (Å²) in [6.07, 6.45) is -0.775. The van der Waals surface area contributed by atoms with Gasteiger partial charge in [-0.3, -0.25) is 14.3 Å². The fourth-order valence-electron chi connectivity index (χ4n) is 4.81. The van der Waals surface area contributed by atoms with Crippen LogP contribution < -0.4 is 5.32 Å². The maximum atomic E-state index is 13.1. The van der Waals surface area contributed by atoms with E-state index in [-0.39, 0.29) is 50.1 Å². The van der Waals surface area contributed by atoms with Crippen LogP contribution in [0.5, 0.6) is 0 Å². The van der Waals surface area contributed by atoms with Crippen molar-refractivity contribution in [2.24, 2.45) is 12.5 Å².